The van der Waals surface area contributed by atoms with Crippen molar-refractivity contribution in [1.82, 2.24) is 16.0 Å². The molecule has 3 aromatic carbocycles. The van der Waals surface area contributed by atoms with Crippen molar-refractivity contribution in [2.24, 2.45) is 0 Å². The first-order valence-corrected chi connectivity index (χ1v) is 17.0. The molecule has 290 valence electrons. The van der Waals surface area contributed by atoms with E-state index in [-0.39, 0.29) is 59.9 Å². The zero-order chi connectivity index (χ0) is 40.0. The van der Waals surface area contributed by atoms with Crippen molar-refractivity contribution in [1.29, 1.82) is 0 Å². The van der Waals surface area contributed by atoms with Crippen LogP contribution in [0.1, 0.15) is 83.4 Å². The van der Waals surface area contributed by atoms with Gasteiger partial charge in [0.05, 0.1) is 5.56 Å². The number of carbonyl (C=O) groups is 7. The Morgan fingerprint density at radius 2 is 1.42 bits per heavy atom. The first-order valence-electron chi connectivity index (χ1n) is 17.0. The maximum absolute atomic E-state index is 13.4. The number of unbranched alkanes of at least 4 members (excludes halogenated alkanes) is 1. The molecule has 1 spiro atoms. The number of hydrogen-bond donors (Lipinski definition) is 7. The van der Waals surface area contributed by atoms with Gasteiger partial charge in [-0.25, -0.2) is 19.2 Å². The van der Waals surface area contributed by atoms with Crippen molar-refractivity contribution in [3.63, 3.8) is 0 Å². The van der Waals surface area contributed by atoms with Gasteiger partial charge in [0.2, 0.25) is 0 Å². The fraction of sp³-hybridized carbons (Fsp3) is 0.324. The average Bonchev–Trinajstić information content (AvgIpc) is 3.39. The third-order valence-corrected chi connectivity index (χ3v) is 8.64. The van der Waals surface area contributed by atoms with Gasteiger partial charge in [-0.15, -0.1) is 0 Å². The highest BCUT2D eigenvalue weighted by molar-refractivity contribution is 6.00. The van der Waals surface area contributed by atoms with E-state index in [0.717, 1.165) is 0 Å². The normalized spacial score (nSPS) is 16.5. The molecule has 0 saturated heterocycles. The Bertz CT molecular complexity index is 2050. The molecule has 4 atom stereocenters. The Morgan fingerprint density at radius 3 is 2.02 bits per heavy atom. The zero-order valence-corrected chi connectivity index (χ0v) is 29.5. The van der Waals surface area contributed by atoms with Crippen molar-refractivity contribution in [2.45, 2.75) is 69.9 Å². The second-order valence-corrected chi connectivity index (χ2v) is 12.6. The minimum atomic E-state index is -1.62. The van der Waals surface area contributed by atoms with Crippen LogP contribution in [-0.4, -0.2) is 87.1 Å². The summed E-state index contributed by atoms with van der Waals surface area (Å²) in [5.74, 6) is -5.11. The molecule has 0 aliphatic carbocycles. The van der Waals surface area contributed by atoms with E-state index < -0.39 is 78.6 Å². The second-order valence-electron chi connectivity index (χ2n) is 12.6. The molecule has 0 bridgehead atoms. The van der Waals surface area contributed by atoms with E-state index in [9.17, 15) is 48.9 Å². The molecule has 2 aliphatic rings. The number of rotatable bonds is 16. The van der Waals surface area contributed by atoms with E-state index in [2.05, 4.69) is 16.0 Å². The Hall–Kier alpha value is -6.69. The average molecular weight is 764 g/mol. The van der Waals surface area contributed by atoms with Crippen LogP contribution in [0.3, 0.4) is 0 Å². The summed E-state index contributed by atoms with van der Waals surface area (Å²) in [6, 6.07) is 9.59. The van der Waals surface area contributed by atoms with Gasteiger partial charge in [-0.1, -0.05) is 0 Å². The highest BCUT2D eigenvalue weighted by Gasteiger charge is 2.54. The number of amides is 3. The third kappa shape index (κ3) is 8.93. The lowest BCUT2D eigenvalue weighted by Gasteiger charge is -2.36. The number of aliphatic carboxylic acids is 3. The summed E-state index contributed by atoms with van der Waals surface area (Å²) in [6.45, 7) is 2.75. The number of nitrogens with one attached hydrogen (secondary N) is 3. The standard InChI is InChI=1S/C37H37N3O15/c1-18(41)52-21-7-10-24-29(16-21)54-30-17-22(53-19(2)42)8-11-25(30)37(24)26-15-20(6-9-23(26)35(50)55-37)32(45)38-14-4-3-5-27(33(46)47)39-36(51)40-28(34(48)49)12-13-31(43)44/h6-11,15-18,27-28,41H,3-5,12-14H2,1-2H3,(H,38,45)(H,43,44)(H,46,47)(H,48,49)(H2,39,40,51)/t18?,27-,28-,37?/m0/s1. The van der Waals surface area contributed by atoms with E-state index >= 15 is 0 Å². The van der Waals surface area contributed by atoms with Gasteiger partial charge in [0, 0.05) is 54.3 Å². The van der Waals surface area contributed by atoms with Crippen LogP contribution < -0.4 is 30.2 Å². The number of carbonyl (C=O) groups excluding carboxylic acids is 4. The highest BCUT2D eigenvalue weighted by Crippen LogP contribution is 2.57. The lowest BCUT2D eigenvalue weighted by atomic mass is 9.77. The van der Waals surface area contributed by atoms with E-state index in [0.29, 0.717) is 16.7 Å². The third-order valence-electron chi connectivity index (χ3n) is 8.64. The Balaban J connectivity index is 1.30. The van der Waals surface area contributed by atoms with Gasteiger partial charge in [-0.3, -0.25) is 14.4 Å². The van der Waals surface area contributed by atoms with Crippen LogP contribution in [0.15, 0.2) is 54.6 Å². The number of esters is 2. The van der Waals surface area contributed by atoms with E-state index in [4.69, 9.17) is 24.1 Å². The smallest absolute Gasteiger partial charge is 0.340 e. The SMILES string of the molecule is CC(=O)Oc1ccc2c(c1)Oc1cc(OC(C)O)ccc1C21OC(=O)c2ccc(C(=O)NCCCC[C@H](NC(=O)N[C@@H](CCC(=O)O)C(=O)O)C(=O)O)cc21. The van der Waals surface area contributed by atoms with Crippen LogP contribution in [0.25, 0.3) is 0 Å². The van der Waals surface area contributed by atoms with Gasteiger partial charge in [0.15, 0.2) is 11.9 Å². The zero-order valence-electron chi connectivity index (χ0n) is 29.5. The van der Waals surface area contributed by atoms with Crippen LogP contribution in [0.5, 0.6) is 23.0 Å². The summed E-state index contributed by atoms with van der Waals surface area (Å²) in [5.41, 5.74) is -0.196. The predicted octanol–water partition coefficient (Wildman–Crippen LogP) is 2.87. The van der Waals surface area contributed by atoms with Gasteiger partial charge >= 0.3 is 35.9 Å². The van der Waals surface area contributed by atoms with E-state index in [1.807, 2.05) is 0 Å². The van der Waals surface area contributed by atoms with E-state index in [1.54, 1.807) is 18.2 Å². The molecule has 0 fully saturated rings. The molecule has 3 amide bonds. The highest BCUT2D eigenvalue weighted by atomic mass is 16.6. The molecule has 5 rings (SSSR count). The molecule has 0 radical (unpaired) electrons. The van der Waals surface area contributed by atoms with Gasteiger partial charge in [-0.2, -0.15) is 0 Å². The Morgan fingerprint density at radius 1 is 0.800 bits per heavy atom. The first kappa shape index (κ1) is 39.5. The Labute approximate surface area is 312 Å². The van der Waals surface area contributed by atoms with Crippen molar-refractivity contribution in [3.8, 4) is 23.0 Å². The maximum atomic E-state index is 13.4. The lowest BCUT2D eigenvalue weighted by Crippen LogP contribution is -2.51. The summed E-state index contributed by atoms with van der Waals surface area (Å²) in [5, 5.41) is 44.4. The molecule has 18 heteroatoms. The summed E-state index contributed by atoms with van der Waals surface area (Å²) in [4.78, 5) is 84.7. The molecule has 2 unspecified atom stereocenters. The van der Waals surface area contributed by atoms with Crippen molar-refractivity contribution in [2.75, 3.05) is 6.54 Å². The molecule has 2 aliphatic heterocycles. The number of fused-ring (bicyclic) bond motifs is 6. The van der Waals surface area contributed by atoms with Gasteiger partial charge in [0.1, 0.15) is 35.1 Å². The number of benzene rings is 3. The van der Waals surface area contributed by atoms with Gasteiger partial charge < -0.3 is 55.3 Å². The fourth-order valence-corrected chi connectivity index (χ4v) is 6.24. The molecule has 2 heterocycles. The van der Waals surface area contributed by atoms with Crippen LogP contribution in [0.2, 0.25) is 0 Å². The van der Waals surface area contributed by atoms with Crippen molar-refractivity contribution < 1.29 is 72.9 Å². The van der Waals surface area contributed by atoms with Crippen molar-refractivity contribution in [3.05, 3.63) is 82.4 Å². The second kappa shape index (κ2) is 16.5. The van der Waals surface area contributed by atoms with Crippen LogP contribution in [0.4, 0.5) is 4.79 Å². The largest absolute Gasteiger partial charge is 0.481 e. The molecule has 18 nitrogen and oxygen atoms in total. The first-order chi connectivity index (χ1) is 26.1. The number of carboxylic acids is 3. The van der Waals surface area contributed by atoms with Crippen LogP contribution in [0, 0.1) is 0 Å². The summed E-state index contributed by atoms with van der Waals surface area (Å²) >= 11 is 0. The number of hydrogen-bond acceptors (Lipinski definition) is 12. The fourth-order valence-electron chi connectivity index (χ4n) is 6.24. The number of aliphatic hydroxyl groups is 1. The number of urea groups is 1. The van der Waals surface area contributed by atoms with Gasteiger partial charge in [0.25, 0.3) is 5.91 Å². The molecule has 55 heavy (non-hydrogen) atoms. The molecular formula is C37H37N3O15. The topological polar surface area (TPSA) is 273 Å². The number of aliphatic hydroxyl groups excluding tert-OH is 1. The minimum Gasteiger partial charge on any atom is -0.481 e. The molecule has 7 N–H and O–H groups in total. The predicted molar refractivity (Wildman–Crippen MR) is 186 cm³/mol. The quantitative estimate of drug-likeness (QED) is 0.0478. The van der Waals surface area contributed by atoms with Crippen LogP contribution >= 0.6 is 0 Å². The lowest BCUT2D eigenvalue weighted by molar-refractivity contribution is -0.141. The number of carboxylic acid groups (broad SMARTS) is 3. The molecular weight excluding hydrogens is 726 g/mol. The monoisotopic (exact) mass is 763 g/mol. The molecule has 3 aromatic rings. The number of ether oxygens (including phenoxy) is 4. The summed E-state index contributed by atoms with van der Waals surface area (Å²) in [7, 11) is 0. The maximum Gasteiger partial charge on any atom is 0.340 e. The van der Waals surface area contributed by atoms with Crippen LogP contribution in [-0.2, 0) is 29.5 Å². The van der Waals surface area contributed by atoms with Crippen molar-refractivity contribution >= 4 is 41.8 Å². The molecule has 0 saturated carbocycles. The summed E-state index contributed by atoms with van der Waals surface area (Å²) in [6.07, 6.45) is -1.65. The molecule has 0 aromatic heterocycles. The summed E-state index contributed by atoms with van der Waals surface area (Å²) < 4.78 is 23.0. The van der Waals surface area contributed by atoms with E-state index in [1.165, 1.54) is 50.2 Å². The Kier molecular flexibility index (Phi) is 11.9. The van der Waals surface area contributed by atoms with Gasteiger partial charge in [-0.05, 0) is 75.1 Å². The minimum absolute atomic E-state index is 0.0731.